The Morgan fingerprint density at radius 3 is 2.56 bits per heavy atom. The fourth-order valence-corrected chi connectivity index (χ4v) is 1.79. The largest absolute Gasteiger partial charge is 0.431 e. The van der Waals surface area contributed by atoms with Crippen molar-refractivity contribution in [2.75, 3.05) is 10.6 Å². The molecule has 2 heterocycles. The molecule has 1 aromatic carbocycles. The Morgan fingerprint density at radius 1 is 1.04 bits per heavy atom. The summed E-state index contributed by atoms with van der Waals surface area (Å²) >= 11 is 0. The summed E-state index contributed by atoms with van der Waals surface area (Å²) in [5.74, 6) is -3.14. The highest BCUT2D eigenvalue weighted by Crippen LogP contribution is 2.17. The Balaban J connectivity index is 1.68. The minimum atomic E-state index is -0.937. The molecular weight excluding hydrogens is 336 g/mol. The molecule has 8 nitrogen and oxygen atoms in total. The van der Waals surface area contributed by atoms with Crippen molar-refractivity contribution in [2.24, 2.45) is 0 Å². The van der Waals surface area contributed by atoms with Crippen molar-refractivity contribution in [3.8, 4) is 0 Å². The number of nitrogens with one attached hydrogen (secondary N) is 2. The van der Waals surface area contributed by atoms with Gasteiger partial charge in [0.1, 0.15) is 23.6 Å². The maximum atomic E-state index is 13.5. The zero-order valence-electron chi connectivity index (χ0n) is 12.4. The van der Waals surface area contributed by atoms with Gasteiger partial charge in [-0.3, -0.25) is 19.9 Å². The molecule has 0 aliphatic heterocycles. The minimum Gasteiger partial charge on any atom is -0.431 e. The van der Waals surface area contributed by atoms with Gasteiger partial charge in [-0.05, 0) is 12.1 Å². The lowest BCUT2D eigenvalue weighted by molar-refractivity contribution is 0.101. The van der Waals surface area contributed by atoms with Gasteiger partial charge < -0.3 is 9.73 Å². The van der Waals surface area contributed by atoms with Crippen LogP contribution in [0.25, 0.3) is 0 Å². The highest BCUT2D eigenvalue weighted by Gasteiger charge is 2.17. The number of carbonyl (C=O) groups is 2. The molecule has 0 aliphatic rings. The quantitative estimate of drug-likeness (QED) is 0.750. The summed E-state index contributed by atoms with van der Waals surface area (Å²) in [6, 6.07) is 2.44. The van der Waals surface area contributed by atoms with E-state index in [2.05, 4.69) is 25.6 Å². The van der Waals surface area contributed by atoms with E-state index in [1.54, 1.807) is 0 Å². The Morgan fingerprint density at radius 2 is 1.84 bits per heavy atom. The fraction of sp³-hybridized carbons (Fsp3) is 0. The van der Waals surface area contributed by atoms with Gasteiger partial charge in [0.05, 0.1) is 11.9 Å². The molecule has 0 saturated heterocycles. The van der Waals surface area contributed by atoms with Gasteiger partial charge >= 0.3 is 6.01 Å². The van der Waals surface area contributed by atoms with E-state index in [0.717, 1.165) is 18.4 Å². The molecule has 0 saturated carbocycles. The molecule has 2 aromatic heterocycles. The number of anilines is 2. The number of halogens is 2. The lowest BCUT2D eigenvalue weighted by Crippen LogP contribution is -2.15. The van der Waals surface area contributed by atoms with E-state index in [1.165, 1.54) is 18.6 Å². The van der Waals surface area contributed by atoms with Crippen LogP contribution in [-0.4, -0.2) is 26.8 Å². The van der Waals surface area contributed by atoms with E-state index in [0.29, 0.717) is 6.07 Å². The first-order chi connectivity index (χ1) is 12.0. The highest BCUT2D eigenvalue weighted by molar-refractivity contribution is 6.04. The monoisotopic (exact) mass is 345 g/mol. The maximum Gasteiger partial charge on any atom is 0.302 e. The van der Waals surface area contributed by atoms with Gasteiger partial charge in [-0.25, -0.2) is 13.8 Å². The third-order valence-corrected chi connectivity index (χ3v) is 2.93. The van der Waals surface area contributed by atoms with E-state index in [4.69, 9.17) is 4.42 Å². The molecule has 0 unspecified atom stereocenters. The zero-order chi connectivity index (χ0) is 17.8. The van der Waals surface area contributed by atoms with Crippen molar-refractivity contribution in [2.45, 2.75) is 0 Å². The number of hydrogen-bond acceptors (Lipinski definition) is 6. The molecule has 0 spiro atoms. The number of oxazole rings is 1. The molecule has 0 fully saturated rings. The number of hydrogen-bond donors (Lipinski definition) is 2. The molecular formula is C15H9F2N5O3. The van der Waals surface area contributed by atoms with E-state index < -0.39 is 23.4 Å². The van der Waals surface area contributed by atoms with Crippen LogP contribution in [0.4, 0.5) is 20.5 Å². The van der Waals surface area contributed by atoms with Crippen LogP contribution in [0, 0.1) is 11.6 Å². The summed E-state index contributed by atoms with van der Waals surface area (Å²) in [4.78, 5) is 35.2. The predicted molar refractivity (Wildman–Crippen MR) is 80.8 cm³/mol. The van der Waals surface area contributed by atoms with Crippen LogP contribution in [0.1, 0.15) is 21.0 Å². The molecule has 3 aromatic rings. The van der Waals surface area contributed by atoms with E-state index in [-0.39, 0.29) is 23.1 Å². The molecule has 0 radical (unpaired) electrons. The van der Waals surface area contributed by atoms with Crippen LogP contribution in [0.3, 0.4) is 0 Å². The van der Waals surface area contributed by atoms with E-state index in [9.17, 15) is 18.4 Å². The minimum absolute atomic E-state index is 0.0279. The van der Waals surface area contributed by atoms with Crippen LogP contribution in [0.5, 0.6) is 0 Å². The lowest BCUT2D eigenvalue weighted by Gasteiger charge is -2.04. The number of benzene rings is 1. The molecule has 25 heavy (non-hydrogen) atoms. The Labute approximate surface area is 138 Å². The number of carbonyl (C=O) groups excluding carboxylic acids is 2. The number of rotatable bonds is 4. The number of nitrogens with zero attached hydrogens (tertiary/aromatic N) is 3. The first-order valence-corrected chi connectivity index (χ1v) is 6.82. The molecule has 0 bridgehead atoms. The molecule has 2 N–H and O–H groups in total. The molecule has 126 valence electrons. The SMILES string of the molecule is O=C(Nc1nc(C(=O)Nc2ccc(F)cc2F)co1)c1cnccn1. The normalized spacial score (nSPS) is 10.3. The second-order valence-corrected chi connectivity index (χ2v) is 4.66. The highest BCUT2D eigenvalue weighted by atomic mass is 19.1. The fourth-order valence-electron chi connectivity index (χ4n) is 1.79. The average molecular weight is 345 g/mol. The summed E-state index contributed by atoms with van der Waals surface area (Å²) in [6.07, 6.45) is 4.95. The summed E-state index contributed by atoms with van der Waals surface area (Å²) in [5.41, 5.74) is -0.405. The molecule has 2 amide bonds. The maximum absolute atomic E-state index is 13.5. The Hall–Kier alpha value is -3.69. The Kier molecular flexibility index (Phi) is 4.42. The first-order valence-electron chi connectivity index (χ1n) is 6.82. The summed E-state index contributed by atoms with van der Waals surface area (Å²) in [5, 5.41) is 4.51. The van der Waals surface area contributed by atoms with Gasteiger partial charge in [-0.15, -0.1) is 0 Å². The predicted octanol–water partition coefficient (Wildman–Crippen LogP) is 2.25. The van der Waals surface area contributed by atoms with Crippen LogP contribution < -0.4 is 10.6 Å². The molecule has 0 aliphatic carbocycles. The van der Waals surface area contributed by atoms with Gasteiger partial charge in [0.15, 0.2) is 5.69 Å². The third kappa shape index (κ3) is 3.80. The first kappa shape index (κ1) is 16.2. The van der Waals surface area contributed by atoms with Gasteiger partial charge in [0.2, 0.25) is 0 Å². The summed E-state index contributed by atoms with van der Waals surface area (Å²) in [6.45, 7) is 0. The van der Waals surface area contributed by atoms with E-state index in [1.807, 2.05) is 0 Å². The smallest absolute Gasteiger partial charge is 0.302 e. The topological polar surface area (TPSA) is 110 Å². The zero-order valence-corrected chi connectivity index (χ0v) is 12.4. The van der Waals surface area contributed by atoms with Crippen LogP contribution in [-0.2, 0) is 0 Å². The second-order valence-electron chi connectivity index (χ2n) is 4.66. The van der Waals surface area contributed by atoms with Crippen molar-refractivity contribution >= 4 is 23.5 Å². The summed E-state index contributed by atoms with van der Waals surface area (Å²) < 4.78 is 31.3. The van der Waals surface area contributed by atoms with Crippen molar-refractivity contribution in [3.63, 3.8) is 0 Å². The van der Waals surface area contributed by atoms with Crippen molar-refractivity contribution in [3.05, 3.63) is 66.1 Å². The Bertz CT molecular complexity index is 930. The van der Waals surface area contributed by atoms with Gasteiger partial charge in [-0.1, -0.05) is 0 Å². The van der Waals surface area contributed by atoms with Crippen molar-refractivity contribution in [1.29, 1.82) is 0 Å². The molecule has 0 atom stereocenters. The lowest BCUT2D eigenvalue weighted by atomic mass is 10.3. The van der Waals surface area contributed by atoms with Gasteiger partial charge in [-0.2, -0.15) is 4.98 Å². The number of amides is 2. The van der Waals surface area contributed by atoms with Gasteiger partial charge in [0, 0.05) is 18.5 Å². The van der Waals surface area contributed by atoms with E-state index >= 15 is 0 Å². The molecule has 3 rings (SSSR count). The second kappa shape index (κ2) is 6.83. The van der Waals surface area contributed by atoms with Crippen LogP contribution in [0.15, 0.2) is 47.5 Å². The van der Waals surface area contributed by atoms with Crippen LogP contribution in [0.2, 0.25) is 0 Å². The van der Waals surface area contributed by atoms with Crippen molar-refractivity contribution < 1.29 is 22.8 Å². The van der Waals surface area contributed by atoms with Crippen LogP contribution >= 0.6 is 0 Å². The standard InChI is InChI=1S/C15H9F2N5O3/c16-8-1-2-10(9(17)5-8)20-14(24)12-7-25-15(21-12)22-13(23)11-6-18-3-4-19-11/h1-7H,(H,20,24)(H,21,22,23). The van der Waals surface area contributed by atoms with Crippen molar-refractivity contribution in [1.82, 2.24) is 15.0 Å². The third-order valence-electron chi connectivity index (χ3n) is 2.93. The average Bonchev–Trinajstić information content (AvgIpc) is 3.07. The molecule has 10 heteroatoms. The summed E-state index contributed by atoms with van der Waals surface area (Å²) in [7, 11) is 0. The van der Waals surface area contributed by atoms with Gasteiger partial charge in [0.25, 0.3) is 11.8 Å². The number of aromatic nitrogens is 3.